The first-order valence-electron chi connectivity index (χ1n) is 9.90. The van der Waals surface area contributed by atoms with E-state index < -0.39 is 40.0 Å². The number of nitrogens with one attached hydrogen (secondary N) is 2. The molecule has 11 heteroatoms. The molecule has 3 rings (SSSR count). The number of aliphatic imine (C=N–C) groups is 1. The molecule has 1 aliphatic rings. The van der Waals surface area contributed by atoms with Crippen LogP contribution in [-0.2, 0) is 21.0 Å². The molecular weight excluding hydrogens is 447 g/mol. The normalized spacial score (nSPS) is 14.8. The fourth-order valence-electron chi connectivity index (χ4n) is 3.06. The quantitative estimate of drug-likeness (QED) is 0.669. The van der Waals surface area contributed by atoms with Crippen molar-refractivity contribution < 1.29 is 31.1 Å². The minimum atomic E-state index is -4.61. The summed E-state index contributed by atoms with van der Waals surface area (Å²) in [6, 6.07) is 9.97. The molecule has 0 aromatic heterocycles. The number of nitrogens with zero attached hydrogens (tertiary/aromatic N) is 1. The van der Waals surface area contributed by atoms with Gasteiger partial charge in [-0.05, 0) is 49.2 Å². The molecule has 0 saturated carbocycles. The molecule has 0 fully saturated rings. The van der Waals surface area contributed by atoms with Crippen molar-refractivity contribution in [3.05, 3.63) is 54.1 Å². The number of amidine groups is 1. The SMILES string of the molecule is O=C(COc1ccccc1C(F)(F)F)Nc1ccc(S(=O)(=O)NC2=NCCCCC2)cc1. The van der Waals surface area contributed by atoms with Gasteiger partial charge in [-0.3, -0.25) is 14.5 Å². The average molecular weight is 469 g/mol. The molecule has 172 valence electrons. The van der Waals surface area contributed by atoms with E-state index >= 15 is 0 Å². The molecule has 1 aliphatic heterocycles. The molecule has 32 heavy (non-hydrogen) atoms. The van der Waals surface area contributed by atoms with Crippen LogP contribution in [0.5, 0.6) is 5.75 Å². The Balaban J connectivity index is 1.59. The number of sulfonamides is 1. The maximum atomic E-state index is 13.0. The van der Waals surface area contributed by atoms with Crippen LogP contribution >= 0.6 is 0 Å². The first-order valence-corrected chi connectivity index (χ1v) is 11.4. The minimum absolute atomic E-state index is 0.00204. The van der Waals surface area contributed by atoms with Crippen molar-refractivity contribution in [1.29, 1.82) is 0 Å². The molecule has 0 unspecified atom stereocenters. The van der Waals surface area contributed by atoms with Gasteiger partial charge in [-0.15, -0.1) is 0 Å². The zero-order chi connectivity index (χ0) is 23.2. The second-order valence-corrected chi connectivity index (χ2v) is 8.78. The van der Waals surface area contributed by atoms with Crippen LogP contribution in [0, 0.1) is 0 Å². The molecule has 0 atom stereocenters. The van der Waals surface area contributed by atoms with Crippen molar-refractivity contribution in [3.8, 4) is 5.75 Å². The number of halogens is 3. The van der Waals surface area contributed by atoms with Crippen LogP contribution < -0.4 is 14.8 Å². The fourth-order valence-corrected chi connectivity index (χ4v) is 4.14. The lowest BCUT2D eigenvalue weighted by Crippen LogP contribution is -2.30. The predicted molar refractivity (Wildman–Crippen MR) is 113 cm³/mol. The van der Waals surface area contributed by atoms with E-state index in [1.165, 1.54) is 36.4 Å². The molecule has 1 heterocycles. The number of hydrogen-bond acceptors (Lipinski definition) is 5. The lowest BCUT2D eigenvalue weighted by molar-refractivity contribution is -0.139. The minimum Gasteiger partial charge on any atom is -0.483 e. The number of benzene rings is 2. The number of ether oxygens (including phenoxy) is 1. The number of carbonyl (C=O) groups is 1. The Kier molecular flexibility index (Phi) is 7.39. The van der Waals surface area contributed by atoms with Crippen LogP contribution in [0.2, 0.25) is 0 Å². The van der Waals surface area contributed by atoms with Crippen molar-refractivity contribution in [1.82, 2.24) is 4.72 Å². The number of amides is 1. The van der Waals surface area contributed by atoms with Crippen molar-refractivity contribution >= 4 is 27.5 Å². The van der Waals surface area contributed by atoms with Gasteiger partial charge in [0, 0.05) is 18.7 Å². The van der Waals surface area contributed by atoms with Crippen LogP contribution in [0.1, 0.15) is 31.2 Å². The summed E-state index contributed by atoms with van der Waals surface area (Å²) in [6.07, 6.45) is -1.27. The second kappa shape index (κ2) is 10.0. The molecular formula is C21H22F3N3O4S. The molecule has 0 saturated heterocycles. The Bertz CT molecular complexity index is 1080. The monoisotopic (exact) mass is 469 g/mol. The van der Waals surface area contributed by atoms with E-state index in [0.29, 0.717) is 18.8 Å². The van der Waals surface area contributed by atoms with Crippen molar-refractivity contribution in [2.24, 2.45) is 4.99 Å². The predicted octanol–water partition coefficient (Wildman–Crippen LogP) is 3.97. The number of hydrogen-bond donors (Lipinski definition) is 2. The van der Waals surface area contributed by atoms with Gasteiger partial charge in [-0.25, -0.2) is 8.42 Å². The van der Waals surface area contributed by atoms with Gasteiger partial charge in [0.05, 0.1) is 10.5 Å². The molecule has 7 nitrogen and oxygen atoms in total. The van der Waals surface area contributed by atoms with Crippen LogP contribution in [0.4, 0.5) is 18.9 Å². The van der Waals surface area contributed by atoms with E-state index in [1.54, 1.807) is 0 Å². The zero-order valence-electron chi connectivity index (χ0n) is 17.0. The van der Waals surface area contributed by atoms with E-state index in [2.05, 4.69) is 15.0 Å². The number of alkyl halides is 3. The Hall–Kier alpha value is -3.08. The van der Waals surface area contributed by atoms with E-state index in [-0.39, 0.29) is 10.6 Å². The third-order valence-electron chi connectivity index (χ3n) is 4.63. The highest BCUT2D eigenvalue weighted by molar-refractivity contribution is 7.90. The molecule has 2 aromatic rings. The van der Waals surface area contributed by atoms with E-state index in [1.807, 2.05) is 0 Å². The summed E-state index contributed by atoms with van der Waals surface area (Å²) in [5.41, 5.74) is -0.707. The highest BCUT2D eigenvalue weighted by Crippen LogP contribution is 2.35. The summed E-state index contributed by atoms with van der Waals surface area (Å²) in [4.78, 5) is 16.3. The summed E-state index contributed by atoms with van der Waals surface area (Å²) < 4.78 is 71.5. The Labute approximate surface area is 183 Å². The third-order valence-corrected chi connectivity index (χ3v) is 6.02. The highest BCUT2D eigenvalue weighted by atomic mass is 32.2. The fraction of sp³-hybridized carbons (Fsp3) is 0.333. The van der Waals surface area contributed by atoms with Crippen LogP contribution in [-0.4, -0.2) is 33.3 Å². The second-order valence-electron chi connectivity index (χ2n) is 7.10. The summed E-state index contributed by atoms with van der Waals surface area (Å²) in [6.45, 7) is -0.0626. The summed E-state index contributed by atoms with van der Waals surface area (Å²) in [5, 5.41) is 2.45. The molecule has 1 amide bonds. The van der Waals surface area contributed by atoms with Crippen molar-refractivity contribution in [3.63, 3.8) is 0 Å². The first-order chi connectivity index (χ1) is 15.1. The van der Waals surface area contributed by atoms with Crippen LogP contribution in [0.15, 0.2) is 58.4 Å². The Morgan fingerprint density at radius 3 is 2.47 bits per heavy atom. The number of rotatable bonds is 6. The van der Waals surface area contributed by atoms with Crippen molar-refractivity contribution in [2.75, 3.05) is 18.5 Å². The molecule has 0 radical (unpaired) electrons. The number of para-hydroxylation sites is 1. The van der Waals surface area contributed by atoms with Gasteiger partial charge < -0.3 is 10.1 Å². The first kappa shape index (κ1) is 23.6. The topological polar surface area (TPSA) is 96.9 Å². The van der Waals surface area contributed by atoms with Gasteiger partial charge in [-0.1, -0.05) is 18.6 Å². The zero-order valence-corrected chi connectivity index (χ0v) is 17.8. The summed E-state index contributed by atoms with van der Waals surface area (Å²) in [5.74, 6) is -0.719. The molecule has 0 bridgehead atoms. The summed E-state index contributed by atoms with van der Waals surface area (Å²) in [7, 11) is -3.81. The van der Waals surface area contributed by atoms with E-state index in [9.17, 15) is 26.4 Å². The Morgan fingerprint density at radius 2 is 1.75 bits per heavy atom. The van der Waals surface area contributed by atoms with Gasteiger partial charge >= 0.3 is 6.18 Å². The van der Waals surface area contributed by atoms with Crippen LogP contribution in [0.3, 0.4) is 0 Å². The Morgan fingerprint density at radius 1 is 1.03 bits per heavy atom. The molecule has 2 N–H and O–H groups in total. The maximum absolute atomic E-state index is 13.0. The number of carbonyl (C=O) groups excluding carboxylic acids is 1. The molecule has 2 aromatic carbocycles. The van der Waals surface area contributed by atoms with Crippen LogP contribution in [0.25, 0.3) is 0 Å². The van der Waals surface area contributed by atoms with Crippen molar-refractivity contribution in [2.45, 2.75) is 36.8 Å². The lowest BCUT2D eigenvalue weighted by Gasteiger charge is -2.14. The average Bonchev–Trinajstić information content (AvgIpc) is 3.00. The van der Waals surface area contributed by atoms with E-state index in [0.717, 1.165) is 31.4 Å². The van der Waals surface area contributed by atoms with Gasteiger partial charge in [0.1, 0.15) is 11.6 Å². The molecule has 0 spiro atoms. The van der Waals surface area contributed by atoms with E-state index in [4.69, 9.17) is 4.74 Å². The number of anilines is 1. The smallest absolute Gasteiger partial charge is 0.419 e. The molecule has 0 aliphatic carbocycles. The third kappa shape index (κ3) is 6.46. The highest BCUT2D eigenvalue weighted by Gasteiger charge is 2.34. The van der Waals surface area contributed by atoms with Gasteiger partial charge in [0.25, 0.3) is 15.9 Å². The summed E-state index contributed by atoms with van der Waals surface area (Å²) >= 11 is 0. The standard InChI is InChI=1S/C21H22F3N3O4S/c22-21(23,24)17-6-3-4-7-18(17)31-14-20(28)26-15-9-11-16(12-10-15)32(29,30)27-19-8-2-1-5-13-25-19/h3-4,6-7,9-12H,1-2,5,8,13-14H2,(H,25,27)(H,26,28). The lowest BCUT2D eigenvalue weighted by atomic mass is 10.2. The van der Waals surface area contributed by atoms with Gasteiger partial charge in [0.2, 0.25) is 0 Å². The largest absolute Gasteiger partial charge is 0.483 e. The van der Waals surface area contributed by atoms with Gasteiger partial charge in [-0.2, -0.15) is 13.2 Å². The van der Waals surface area contributed by atoms with Gasteiger partial charge in [0.15, 0.2) is 6.61 Å². The maximum Gasteiger partial charge on any atom is 0.419 e.